The lowest BCUT2D eigenvalue weighted by atomic mass is 9.94. The van der Waals surface area contributed by atoms with Crippen LogP contribution in [0.4, 0.5) is 0 Å². The van der Waals surface area contributed by atoms with Crippen molar-refractivity contribution in [1.82, 2.24) is 4.98 Å². The van der Waals surface area contributed by atoms with Crippen LogP contribution in [0.2, 0.25) is 5.02 Å². The Morgan fingerprint density at radius 3 is 2.26 bits per heavy atom. The molecule has 2 heteroatoms. The minimum atomic E-state index is 0.959. The Hall–Kier alpha value is -1.08. The normalized spacial score (nSPS) is 13.9. The van der Waals surface area contributed by atoms with Crippen LogP contribution in [0.1, 0.15) is 101 Å². The zero-order valence-electron chi connectivity index (χ0n) is 17.2. The molecule has 0 unspecified atom stereocenters. The Labute approximate surface area is 170 Å². The molecule has 1 aliphatic rings. The maximum atomic E-state index is 6.69. The molecule has 148 valence electrons. The van der Waals surface area contributed by atoms with Gasteiger partial charge in [-0.15, -0.1) is 0 Å². The summed E-state index contributed by atoms with van der Waals surface area (Å²) in [6.07, 6.45) is 19.8. The van der Waals surface area contributed by atoms with E-state index in [-0.39, 0.29) is 0 Å². The Morgan fingerprint density at radius 2 is 1.52 bits per heavy atom. The molecule has 0 spiro atoms. The second-order valence-electron chi connectivity index (χ2n) is 8.34. The third-order valence-electron chi connectivity index (χ3n) is 6.08. The lowest BCUT2D eigenvalue weighted by Crippen LogP contribution is -2.06. The van der Waals surface area contributed by atoms with Crippen molar-refractivity contribution in [2.24, 2.45) is 0 Å². The SMILES string of the molecule is CCCCCCCCCCCCc1ccc2c(Cl)c3c(nc2c1)CCCC3. The van der Waals surface area contributed by atoms with E-state index >= 15 is 0 Å². The van der Waals surface area contributed by atoms with Crippen molar-refractivity contribution >= 4 is 22.5 Å². The minimum absolute atomic E-state index is 0.959. The second kappa shape index (κ2) is 11.1. The van der Waals surface area contributed by atoms with Crippen LogP contribution < -0.4 is 0 Å². The Kier molecular flexibility index (Phi) is 8.45. The number of unbranched alkanes of at least 4 members (excludes halogenated alkanes) is 9. The molecule has 1 aromatic heterocycles. The van der Waals surface area contributed by atoms with Crippen LogP contribution in [0, 0.1) is 0 Å². The minimum Gasteiger partial charge on any atom is -0.252 e. The highest BCUT2D eigenvalue weighted by Gasteiger charge is 2.17. The van der Waals surface area contributed by atoms with Crippen molar-refractivity contribution in [3.8, 4) is 0 Å². The highest BCUT2D eigenvalue weighted by molar-refractivity contribution is 6.36. The van der Waals surface area contributed by atoms with Crippen molar-refractivity contribution in [2.45, 2.75) is 103 Å². The molecule has 0 N–H and O–H groups in total. The predicted octanol–water partition coefficient (Wildman–Crippen LogP) is 8.23. The summed E-state index contributed by atoms with van der Waals surface area (Å²) in [6.45, 7) is 2.29. The second-order valence-corrected chi connectivity index (χ2v) is 8.72. The average molecular weight is 386 g/mol. The van der Waals surface area contributed by atoms with E-state index in [1.54, 1.807) is 0 Å². The van der Waals surface area contributed by atoms with E-state index in [1.807, 2.05) is 0 Å². The van der Waals surface area contributed by atoms with Crippen LogP contribution >= 0.6 is 11.6 Å². The number of hydrogen-bond acceptors (Lipinski definition) is 1. The average Bonchev–Trinajstić information content (AvgIpc) is 2.69. The topological polar surface area (TPSA) is 12.9 Å². The summed E-state index contributed by atoms with van der Waals surface area (Å²) in [6, 6.07) is 6.74. The molecule has 0 saturated carbocycles. The van der Waals surface area contributed by atoms with Gasteiger partial charge < -0.3 is 0 Å². The van der Waals surface area contributed by atoms with Gasteiger partial charge >= 0.3 is 0 Å². The third-order valence-corrected chi connectivity index (χ3v) is 6.51. The molecular formula is C25H36ClN. The van der Waals surface area contributed by atoms with Gasteiger partial charge in [-0.2, -0.15) is 0 Å². The molecule has 0 bridgehead atoms. The molecule has 0 atom stereocenters. The maximum Gasteiger partial charge on any atom is 0.0723 e. The maximum absolute atomic E-state index is 6.69. The Bertz CT molecular complexity index is 722. The molecule has 1 aliphatic carbocycles. The van der Waals surface area contributed by atoms with Gasteiger partial charge in [0.15, 0.2) is 0 Å². The molecule has 0 fully saturated rings. The van der Waals surface area contributed by atoms with Crippen molar-refractivity contribution in [3.63, 3.8) is 0 Å². The fraction of sp³-hybridized carbons (Fsp3) is 0.640. The van der Waals surface area contributed by atoms with Gasteiger partial charge in [-0.25, -0.2) is 0 Å². The summed E-state index contributed by atoms with van der Waals surface area (Å²) in [5.74, 6) is 0. The monoisotopic (exact) mass is 385 g/mol. The first-order valence-electron chi connectivity index (χ1n) is 11.4. The van der Waals surface area contributed by atoms with Crippen LogP contribution in [0.3, 0.4) is 0 Å². The third kappa shape index (κ3) is 5.95. The zero-order valence-corrected chi connectivity index (χ0v) is 17.9. The molecule has 27 heavy (non-hydrogen) atoms. The van der Waals surface area contributed by atoms with Crippen LogP contribution in [-0.4, -0.2) is 4.98 Å². The van der Waals surface area contributed by atoms with Gasteiger partial charge in [-0.1, -0.05) is 88.4 Å². The smallest absolute Gasteiger partial charge is 0.0723 e. The lowest BCUT2D eigenvalue weighted by molar-refractivity contribution is 0.556. The van der Waals surface area contributed by atoms with E-state index in [2.05, 4.69) is 25.1 Å². The highest BCUT2D eigenvalue weighted by atomic mass is 35.5. The molecule has 1 heterocycles. The number of nitrogens with zero attached hydrogens (tertiary/aromatic N) is 1. The standard InChI is InChI=1S/C25H36ClN/c1-2-3-4-5-6-7-8-9-10-11-14-20-17-18-22-24(19-20)27-23-16-13-12-15-21(23)25(22)26/h17-19H,2-16H2,1H3. The van der Waals surface area contributed by atoms with Crippen LogP contribution in [-0.2, 0) is 19.3 Å². The van der Waals surface area contributed by atoms with Crippen molar-refractivity contribution in [3.05, 3.63) is 40.0 Å². The van der Waals surface area contributed by atoms with E-state index in [4.69, 9.17) is 16.6 Å². The molecular weight excluding hydrogens is 350 g/mol. The number of aryl methyl sites for hydroxylation is 2. The van der Waals surface area contributed by atoms with E-state index in [0.29, 0.717) is 0 Å². The molecule has 2 aromatic rings. The van der Waals surface area contributed by atoms with Gasteiger partial charge in [0.25, 0.3) is 0 Å². The van der Waals surface area contributed by atoms with Gasteiger partial charge in [-0.3, -0.25) is 4.98 Å². The first-order chi connectivity index (χ1) is 13.3. The number of pyridine rings is 1. The molecule has 0 amide bonds. The fourth-order valence-corrected chi connectivity index (χ4v) is 4.75. The molecule has 1 aromatic carbocycles. The van der Waals surface area contributed by atoms with Crippen molar-refractivity contribution < 1.29 is 0 Å². The summed E-state index contributed by atoms with van der Waals surface area (Å²) < 4.78 is 0. The fourth-order valence-electron chi connectivity index (χ4n) is 4.38. The lowest BCUT2D eigenvalue weighted by Gasteiger charge is -2.18. The van der Waals surface area contributed by atoms with Gasteiger partial charge in [0.05, 0.1) is 10.5 Å². The molecule has 0 aliphatic heterocycles. The molecule has 0 saturated heterocycles. The van der Waals surface area contributed by atoms with Crippen LogP contribution in [0.5, 0.6) is 0 Å². The number of rotatable bonds is 11. The van der Waals surface area contributed by atoms with Gasteiger partial charge in [0.1, 0.15) is 0 Å². The van der Waals surface area contributed by atoms with Crippen LogP contribution in [0.25, 0.3) is 10.9 Å². The number of benzene rings is 1. The molecule has 0 radical (unpaired) electrons. The largest absolute Gasteiger partial charge is 0.252 e. The number of aromatic nitrogens is 1. The number of fused-ring (bicyclic) bond motifs is 2. The number of halogens is 1. The van der Waals surface area contributed by atoms with E-state index in [9.17, 15) is 0 Å². The van der Waals surface area contributed by atoms with E-state index < -0.39 is 0 Å². The highest BCUT2D eigenvalue weighted by Crippen LogP contribution is 2.33. The molecule has 3 rings (SSSR count). The molecule has 1 nitrogen and oxygen atoms in total. The van der Waals surface area contributed by atoms with Crippen LogP contribution in [0.15, 0.2) is 18.2 Å². The Morgan fingerprint density at radius 1 is 0.852 bits per heavy atom. The van der Waals surface area contributed by atoms with Crippen molar-refractivity contribution in [1.29, 1.82) is 0 Å². The van der Waals surface area contributed by atoms with E-state index in [0.717, 1.165) is 28.8 Å². The summed E-state index contributed by atoms with van der Waals surface area (Å²) in [4.78, 5) is 4.95. The van der Waals surface area contributed by atoms with Gasteiger partial charge in [-0.05, 0) is 55.7 Å². The first kappa shape index (κ1) is 20.6. The summed E-state index contributed by atoms with van der Waals surface area (Å²) in [5.41, 5.74) is 5.07. The first-order valence-corrected chi connectivity index (χ1v) is 11.8. The van der Waals surface area contributed by atoms with Gasteiger partial charge in [0, 0.05) is 11.1 Å². The predicted molar refractivity (Wildman–Crippen MR) is 119 cm³/mol. The summed E-state index contributed by atoms with van der Waals surface area (Å²) in [7, 11) is 0. The van der Waals surface area contributed by atoms with Crippen molar-refractivity contribution in [2.75, 3.05) is 0 Å². The summed E-state index contributed by atoms with van der Waals surface area (Å²) in [5, 5.41) is 2.10. The Balaban J connectivity index is 1.43. The quantitative estimate of drug-likeness (QED) is 0.355. The zero-order chi connectivity index (χ0) is 18.9. The number of hydrogen-bond donors (Lipinski definition) is 0. The summed E-state index contributed by atoms with van der Waals surface area (Å²) >= 11 is 6.69. The van der Waals surface area contributed by atoms with E-state index in [1.165, 1.54) is 100 Å². The van der Waals surface area contributed by atoms with Gasteiger partial charge in [0.2, 0.25) is 0 Å².